The fourth-order valence-electron chi connectivity index (χ4n) is 2.86. The molecular formula is C16H20N2O. The smallest absolute Gasteiger partial charge is 0.122 e. The van der Waals surface area contributed by atoms with Gasteiger partial charge in [-0.3, -0.25) is 4.98 Å². The predicted octanol–water partition coefficient (Wildman–Crippen LogP) is 3.14. The van der Waals surface area contributed by atoms with E-state index in [0.717, 1.165) is 29.6 Å². The molecule has 1 aromatic carbocycles. The Morgan fingerprint density at radius 1 is 1.32 bits per heavy atom. The molecule has 1 heterocycles. The summed E-state index contributed by atoms with van der Waals surface area (Å²) in [6, 6.07) is 10.7. The highest BCUT2D eigenvalue weighted by atomic mass is 16.5. The van der Waals surface area contributed by atoms with E-state index in [9.17, 15) is 0 Å². The lowest BCUT2D eigenvalue weighted by molar-refractivity contribution is 0.176. The van der Waals surface area contributed by atoms with Crippen molar-refractivity contribution < 1.29 is 4.74 Å². The van der Waals surface area contributed by atoms with Crippen LogP contribution in [0.3, 0.4) is 0 Å². The van der Waals surface area contributed by atoms with Crippen molar-refractivity contribution >= 4 is 10.9 Å². The third-order valence-electron chi connectivity index (χ3n) is 3.78. The second kappa shape index (κ2) is 5.57. The summed E-state index contributed by atoms with van der Waals surface area (Å²) in [4.78, 5) is 4.38. The number of rotatable bonds is 4. The van der Waals surface area contributed by atoms with Gasteiger partial charge in [0.15, 0.2) is 0 Å². The summed E-state index contributed by atoms with van der Waals surface area (Å²) in [5, 5.41) is 4.67. The molecule has 3 heteroatoms. The molecule has 3 rings (SSSR count). The number of nitrogens with one attached hydrogen (secondary N) is 1. The zero-order chi connectivity index (χ0) is 13.1. The summed E-state index contributed by atoms with van der Waals surface area (Å²) >= 11 is 0. The highest BCUT2D eigenvalue weighted by Gasteiger charge is 2.28. The number of ether oxygens (including phenoxy) is 1. The molecule has 0 amide bonds. The Morgan fingerprint density at radius 2 is 2.26 bits per heavy atom. The summed E-state index contributed by atoms with van der Waals surface area (Å²) in [5.74, 6) is 0.931. The largest absolute Gasteiger partial charge is 0.489 e. The molecule has 1 aliphatic rings. The number of fused-ring (bicyclic) bond motifs is 1. The molecule has 1 fully saturated rings. The molecule has 0 spiro atoms. The Kier molecular flexibility index (Phi) is 3.65. The normalized spacial score (nSPS) is 22.8. The van der Waals surface area contributed by atoms with E-state index in [1.54, 1.807) is 0 Å². The van der Waals surface area contributed by atoms with Gasteiger partial charge in [0.2, 0.25) is 0 Å². The lowest BCUT2D eigenvalue weighted by Crippen LogP contribution is -2.38. The summed E-state index contributed by atoms with van der Waals surface area (Å²) in [5.41, 5.74) is 0.998. The average Bonchev–Trinajstić information content (AvgIpc) is 2.86. The Labute approximate surface area is 114 Å². The maximum absolute atomic E-state index is 6.15. The third kappa shape index (κ3) is 2.71. The highest BCUT2D eigenvalue weighted by molar-refractivity contribution is 5.79. The van der Waals surface area contributed by atoms with E-state index in [-0.39, 0.29) is 0 Å². The zero-order valence-electron chi connectivity index (χ0n) is 11.3. The molecule has 0 aliphatic heterocycles. The van der Waals surface area contributed by atoms with Crippen molar-refractivity contribution in [2.45, 2.75) is 38.3 Å². The van der Waals surface area contributed by atoms with Crippen LogP contribution in [0, 0.1) is 0 Å². The van der Waals surface area contributed by atoms with Crippen LogP contribution in [-0.4, -0.2) is 23.7 Å². The minimum atomic E-state index is 0.293. The van der Waals surface area contributed by atoms with Crippen molar-refractivity contribution in [3.63, 3.8) is 0 Å². The summed E-state index contributed by atoms with van der Waals surface area (Å²) in [7, 11) is 0. The number of nitrogens with zero attached hydrogens (tertiary/aromatic N) is 1. The molecule has 1 N–H and O–H groups in total. The van der Waals surface area contributed by atoms with Crippen molar-refractivity contribution in [2.75, 3.05) is 6.54 Å². The topological polar surface area (TPSA) is 34.1 Å². The number of likely N-dealkylation sites (N-methyl/N-ethyl adjacent to an activating group) is 1. The Morgan fingerprint density at radius 3 is 3.16 bits per heavy atom. The van der Waals surface area contributed by atoms with Crippen LogP contribution in [0.4, 0.5) is 0 Å². The van der Waals surface area contributed by atoms with Crippen molar-refractivity contribution in [3.8, 4) is 5.75 Å². The van der Waals surface area contributed by atoms with Crippen molar-refractivity contribution in [1.29, 1.82) is 0 Å². The lowest BCUT2D eigenvalue weighted by atomic mass is 10.2. The van der Waals surface area contributed by atoms with Crippen molar-refractivity contribution in [3.05, 3.63) is 36.5 Å². The van der Waals surface area contributed by atoms with Crippen LogP contribution < -0.4 is 10.1 Å². The molecule has 19 heavy (non-hydrogen) atoms. The van der Waals surface area contributed by atoms with E-state index in [1.165, 1.54) is 12.8 Å². The molecule has 2 atom stereocenters. The van der Waals surface area contributed by atoms with Gasteiger partial charge >= 0.3 is 0 Å². The van der Waals surface area contributed by atoms with Crippen LogP contribution in [0.1, 0.15) is 26.2 Å². The van der Waals surface area contributed by atoms with Crippen molar-refractivity contribution in [2.24, 2.45) is 0 Å². The molecular weight excluding hydrogens is 236 g/mol. The minimum absolute atomic E-state index is 0.293. The number of hydrogen-bond acceptors (Lipinski definition) is 3. The lowest BCUT2D eigenvalue weighted by Gasteiger charge is -2.22. The van der Waals surface area contributed by atoms with Gasteiger partial charge in [0.05, 0.1) is 5.52 Å². The van der Waals surface area contributed by atoms with Gasteiger partial charge in [-0.25, -0.2) is 0 Å². The Hall–Kier alpha value is -1.61. The van der Waals surface area contributed by atoms with Gasteiger partial charge in [-0.1, -0.05) is 13.0 Å². The second-order valence-corrected chi connectivity index (χ2v) is 5.11. The van der Waals surface area contributed by atoms with E-state index < -0.39 is 0 Å². The van der Waals surface area contributed by atoms with E-state index in [1.807, 2.05) is 24.4 Å². The van der Waals surface area contributed by atoms with Gasteiger partial charge in [0.25, 0.3) is 0 Å². The SMILES string of the molecule is CCNC1CCCC1Oc1ccc2cccnc2c1. The van der Waals surface area contributed by atoms with Gasteiger partial charge in [-0.15, -0.1) is 0 Å². The maximum Gasteiger partial charge on any atom is 0.122 e. The minimum Gasteiger partial charge on any atom is -0.489 e. The standard InChI is InChI=1S/C16H20N2O/c1-2-17-14-6-3-7-16(14)19-13-9-8-12-5-4-10-18-15(12)11-13/h4-5,8-11,14,16-17H,2-3,6-7H2,1H3. The first-order valence-corrected chi connectivity index (χ1v) is 7.11. The van der Waals surface area contributed by atoms with Gasteiger partial charge in [-0.2, -0.15) is 0 Å². The second-order valence-electron chi connectivity index (χ2n) is 5.11. The molecule has 0 saturated heterocycles. The number of hydrogen-bond donors (Lipinski definition) is 1. The third-order valence-corrected chi connectivity index (χ3v) is 3.78. The number of pyridine rings is 1. The first kappa shape index (κ1) is 12.4. The Bertz CT molecular complexity index is 555. The fraction of sp³-hybridized carbons (Fsp3) is 0.438. The first-order valence-electron chi connectivity index (χ1n) is 7.11. The van der Waals surface area contributed by atoms with E-state index in [2.05, 4.69) is 29.4 Å². The number of benzene rings is 1. The molecule has 0 radical (unpaired) electrons. The first-order chi connectivity index (χ1) is 9.36. The molecule has 2 unspecified atom stereocenters. The fourth-order valence-corrected chi connectivity index (χ4v) is 2.86. The molecule has 0 bridgehead atoms. The molecule has 1 aliphatic carbocycles. The monoisotopic (exact) mass is 256 g/mol. The van der Waals surface area contributed by atoms with E-state index in [4.69, 9.17) is 4.74 Å². The van der Waals surface area contributed by atoms with E-state index in [0.29, 0.717) is 12.1 Å². The van der Waals surface area contributed by atoms with Crippen molar-refractivity contribution in [1.82, 2.24) is 10.3 Å². The van der Waals surface area contributed by atoms with Gasteiger partial charge in [-0.05, 0) is 44.0 Å². The van der Waals surface area contributed by atoms with Gasteiger partial charge < -0.3 is 10.1 Å². The summed E-state index contributed by atoms with van der Waals surface area (Å²) < 4.78 is 6.15. The molecule has 3 nitrogen and oxygen atoms in total. The van der Waals surface area contributed by atoms with Crippen LogP contribution in [0.5, 0.6) is 5.75 Å². The van der Waals surface area contributed by atoms with Gasteiger partial charge in [0, 0.05) is 23.7 Å². The molecule has 1 saturated carbocycles. The number of aromatic nitrogens is 1. The maximum atomic E-state index is 6.15. The van der Waals surface area contributed by atoms with Crippen LogP contribution in [0.2, 0.25) is 0 Å². The van der Waals surface area contributed by atoms with Gasteiger partial charge in [0.1, 0.15) is 11.9 Å². The van der Waals surface area contributed by atoms with Crippen LogP contribution in [0.25, 0.3) is 10.9 Å². The molecule has 2 aromatic rings. The average molecular weight is 256 g/mol. The molecule has 100 valence electrons. The summed E-state index contributed by atoms with van der Waals surface area (Å²) in [6.07, 6.45) is 5.71. The summed E-state index contributed by atoms with van der Waals surface area (Å²) in [6.45, 7) is 3.15. The Balaban J connectivity index is 1.77. The zero-order valence-corrected chi connectivity index (χ0v) is 11.3. The van der Waals surface area contributed by atoms with E-state index >= 15 is 0 Å². The predicted molar refractivity (Wildman–Crippen MR) is 77.5 cm³/mol. The van der Waals surface area contributed by atoms with Crippen LogP contribution >= 0.6 is 0 Å². The van der Waals surface area contributed by atoms with Crippen LogP contribution in [-0.2, 0) is 0 Å². The highest BCUT2D eigenvalue weighted by Crippen LogP contribution is 2.26. The molecule has 1 aromatic heterocycles. The van der Waals surface area contributed by atoms with Crippen LogP contribution in [0.15, 0.2) is 36.5 Å². The quantitative estimate of drug-likeness (QED) is 0.912.